The molecule has 0 saturated carbocycles. The Hall–Kier alpha value is -1.94. The van der Waals surface area contributed by atoms with Gasteiger partial charge in [0.25, 0.3) is 0 Å². The van der Waals surface area contributed by atoms with Crippen LogP contribution in [0.25, 0.3) is 0 Å². The van der Waals surface area contributed by atoms with Crippen molar-refractivity contribution < 1.29 is 27.8 Å². The van der Waals surface area contributed by atoms with Gasteiger partial charge in [-0.25, -0.2) is 4.79 Å². The van der Waals surface area contributed by atoms with Gasteiger partial charge in [0.05, 0.1) is 17.5 Å². The van der Waals surface area contributed by atoms with Crippen LogP contribution in [0.15, 0.2) is 12.1 Å². The minimum Gasteiger partial charge on any atom is -0.478 e. The maximum Gasteiger partial charge on any atom is 0.573 e. The number of carboxylic acid groups (broad SMARTS) is 1. The largest absolute Gasteiger partial charge is 0.573 e. The lowest BCUT2D eigenvalue weighted by atomic mass is 10.0. The van der Waals surface area contributed by atoms with Crippen molar-refractivity contribution in [2.75, 3.05) is 0 Å². The van der Waals surface area contributed by atoms with Crippen LogP contribution in [0.2, 0.25) is 0 Å². The van der Waals surface area contributed by atoms with Crippen molar-refractivity contribution in [3.63, 3.8) is 0 Å². The Balaban J connectivity index is 3.49. The summed E-state index contributed by atoms with van der Waals surface area (Å²) in [6.45, 7) is 0. The van der Waals surface area contributed by atoms with E-state index in [2.05, 4.69) is 4.74 Å². The molecule has 0 spiro atoms. The molecule has 8 heteroatoms. The van der Waals surface area contributed by atoms with Gasteiger partial charge in [-0.15, -0.1) is 24.8 Å². The second-order valence-corrected chi connectivity index (χ2v) is 3.33. The van der Waals surface area contributed by atoms with Gasteiger partial charge in [-0.1, -0.05) is 0 Å². The van der Waals surface area contributed by atoms with Crippen molar-refractivity contribution in [1.29, 1.82) is 5.26 Å². The highest BCUT2D eigenvalue weighted by Gasteiger charge is 2.34. The molecule has 1 rings (SSSR count). The predicted molar refractivity (Wildman–Crippen MR) is 54.4 cm³/mol. The summed E-state index contributed by atoms with van der Waals surface area (Å²) in [6, 6.07) is 3.55. The molecule has 0 atom stereocenters. The zero-order valence-corrected chi connectivity index (χ0v) is 9.34. The van der Waals surface area contributed by atoms with E-state index in [1.165, 1.54) is 0 Å². The van der Waals surface area contributed by atoms with Gasteiger partial charge in [-0.2, -0.15) is 5.26 Å². The Bertz CT molecular complexity index is 522. The van der Waals surface area contributed by atoms with E-state index in [0.717, 1.165) is 12.1 Å². The third-order valence-corrected chi connectivity index (χ3v) is 2.23. The van der Waals surface area contributed by atoms with Crippen molar-refractivity contribution in [2.45, 2.75) is 12.2 Å². The SMILES string of the molecule is N#Cc1ccc(C(=O)O)c(OC(F)(F)F)c1CCl. The molecule has 0 heterocycles. The minimum atomic E-state index is -5.07. The van der Waals surface area contributed by atoms with E-state index < -0.39 is 29.5 Å². The van der Waals surface area contributed by atoms with Crippen LogP contribution in [0, 0.1) is 11.3 Å². The van der Waals surface area contributed by atoms with Crippen molar-refractivity contribution in [3.8, 4) is 11.8 Å². The highest BCUT2D eigenvalue weighted by Crippen LogP contribution is 2.33. The van der Waals surface area contributed by atoms with Crippen LogP contribution in [-0.2, 0) is 5.88 Å². The first-order chi connectivity index (χ1) is 8.30. The van der Waals surface area contributed by atoms with E-state index >= 15 is 0 Å². The van der Waals surface area contributed by atoms with Gasteiger partial charge >= 0.3 is 12.3 Å². The number of carboxylic acids is 1. The maximum absolute atomic E-state index is 12.2. The topological polar surface area (TPSA) is 70.3 Å². The fourth-order valence-corrected chi connectivity index (χ4v) is 1.53. The average Bonchev–Trinajstić information content (AvgIpc) is 2.25. The molecule has 0 amide bonds. The van der Waals surface area contributed by atoms with Gasteiger partial charge in [0, 0.05) is 5.56 Å². The molecule has 0 unspecified atom stereocenters. The van der Waals surface area contributed by atoms with E-state index in [9.17, 15) is 18.0 Å². The molecule has 0 saturated heterocycles. The fourth-order valence-electron chi connectivity index (χ4n) is 1.27. The second-order valence-electron chi connectivity index (χ2n) is 3.07. The van der Waals surface area contributed by atoms with Crippen LogP contribution in [0.1, 0.15) is 21.5 Å². The Morgan fingerprint density at radius 2 is 2.11 bits per heavy atom. The lowest BCUT2D eigenvalue weighted by Crippen LogP contribution is -2.20. The Morgan fingerprint density at radius 3 is 2.50 bits per heavy atom. The lowest BCUT2D eigenvalue weighted by Gasteiger charge is -2.15. The summed E-state index contributed by atoms with van der Waals surface area (Å²) in [7, 11) is 0. The fraction of sp³-hybridized carbons (Fsp3) is 0.200. The summed E-state index contributed by atoms with van der Waals surface area (Å²) >= 11 is 5.43. The number of hydrogen-bond acceptors (Lipinski definition) is 3. The third-order valence-electron chi connectivity index (χ3n) is 1.96. The normalized spacial score (nSPS) is 10.8. The molecule has 0 aliphatic rings. The highest BCUT2D eigenvalue weighted by molar-refractivity contribution is 6.17. The molecule has 0 aliphatic carbocycles. The molecule has 0 radical (unpaired) electrons. The third kappa shape index (κ3) is 3.05. The van der Waals surface area contributed by atoms with Crippen LogP contribution in [0.4, 0.5) is 13.2 Å². The van der Waals surface area contributed by atoms with Gasteiger partial charge in [0.1, 0.15) is 11.3 Å². The summed E-state index contributed by atoms with van der Waals surface area (Å²) < 4.78 is 40.2. The summed E-state index contributed by atoms with van der Waals surface area (Å²) in [5.74, 6) is -3.04. The summed E-state index contributed by atoms with van der Waals surface area (Å²) in [4.78, 5) is 10.8. The summed E-state index contributed by atoms with van der Waals surface area (Å²) in [5.41, 5.74) is -1.19. The van der Waals surface area contributed by atoms with Gasteiger partial charge in [-0.05, 0) is 12.1 Å². The van der Waals surface area contributed by atoms with Gasteiger partial charge in [0.15, 0.2) is 0 Å². The number of aromatic carboxylic acids is 1. The van der Waals surface area contributed by atoms with Gasteiger partial charge < -0.3 is 9.84 Å². The quantitative estimate of drug-likeness (QED) is 0.864. The molecular weight excluding hydrogens is 275 g/mol. The predicted octanol–water partition coefficient (Wildman–Crippen LogP) is 2.89. The number of hydrogen-bond donors (Lipinski definition) is 1. The molecular formula is C10H5ClF3NO3. The van der Waals surface area contributed by atoms with Crippen LogP contribution in [0.5, 0.6) is 5.75 Å². The molecule has 0 bridgehead atoms. The van der Waals surface area contributed by atoms with E-state index in [4.69, 9.17) is 22.0 Å². The standard InChI is InChI=1S/C10H5ClF3NO3/c11-3-7-5(4-15)1-2-6(9(16)17)8(7)18-10(12,13)14/h1-2H,3H2,(H,16,17). The van der Waals surface area contributed by atoms with Gasteiger partial charge in [0.2, 0.25) is 0 Å². The second kappa shape index (κ2) is 5.14. The summed E-state index contributed by atoms with van der Waals surface area (Å²) in [6.07, 6.45) is -5.07. The van der Waals surface area contributed by atoms with E-state index in [0.29, 0.717) is 0 Å². The molecule has 1 aromatic rings. The highest BCUT2D eigenvalue weighted by atomic mass is 35.5. The first kappa shape index (κ1) is 14.1. The number of ether oxygens (including phenoxy) is 1. The molecule has 0 aliphatic heterocycles. The zero-order chi connectivity index (χ0) is 13.9. The van der Waals surface area contributed by atoms with Crippen molar-refractivity contribution in [2.24, 2.45) is 0 Å². The van der Waals surface area contributed by atoms with Crippen LogP contribution < -0.4 is 4.74 Å². The summed E-state index contributed by atoms with van der Waals surface area (Å²) in [5, 5.41) is 17.5. The van der Waals surface area contributed by atoms with E-state index in [1.807, 2.05) is 0 Å². The Labute approximate surface area is 104 Å². The lowest BCUT2D eigenvalue weighted by molar-refractivity contribution is -0.275. The Morgan fingerprint density at radius 1 is 1.50 bits per heavy atom. The molecule has 18 heavy (non-hydrogen) atoms. The molecule has 1 N–H and O–H groups in total. The molecule has 0 aromatic heterocycles. The van der Waals surface area contributed by atoms with Gasteiger partial charge in [-0.3, -0.25) is 0 Å². The molecule has 96 valence electrons. The monoisotopic (exact) mass is 279 g/mol. The average molecular weight is 280 g/mol. The first-order valence-corrected chi connectivity index (χ1v) is 4.94. The minimum absolute atomic E-state index is 0.172. The van der Waals surface area contributed by atoms with Crippen LogP contribution in [0.3, 0.4) is 0 Å². The molecule has 0 fully saturated rings. The van der Waals surface area contributed by atoms with Crippen LogP contribution in [-0.4, -0.2) is 17.4 Å². The van der Waals surface area contributed by atoms with Crippen molar-refractivity contribution in [3.05, 3.63) is 28.8 Å². The first-order valence-electron chi connectivity index (χ1n) is 4.41. The number of rotatable bonds is 3. The van der Waals surface area contributed by atoms with E-state index in [1.54, 1.807) is 6.07 Å². The zero-order valence-electron chi connectivity index (χ0n) is 8.58. The van der Waals surface area contributed by atoms with Crippen molar-refractivity contribution in [1.82, 2.24) is 0 Å². The molecule has 1 aromatic carbocycles. The van der Waals surface area contributed by atoms with E-state index in [-0.39, 0.29) is 11.1 Å². The number of alkyl halides is 4. The number of nitrogens with zero attached hydrogens (tertiary/aromatic N) is 1. The number of benzene rings is 1. The van der Waals surface area contributed by atoms with Crippen molar-refractivity contribution >= 4 is 17.6 Å². The molecule has 4 nitrogen and oxygen atoms in total. The smallest absolute Gasteiger partial charge is 0.478 e. The van der Waals surface area contributed by atoms with Crippen LogP contribution >= 0.6 is 11.6 Å². The number of halogens is 4. The number of carbonyl (C=O) groups is 1. The maximum atomic E-state index is 12.2. The number of nitriles is 1. The Kier molecular flexibility index (Phi) is 4.03.